The molecule has 3 aromatic heterocycles. The van der Waals surface area contributed by atoms with Crippen molar-refractivity contribution in [1.82, 2.24) is 25.5 Å². The van der Waals surface area contributed by atoms with Crippen LogP contribution in [-0.2, 0) is 0 Å². The van der Waals surface area contributed by atoms with Crippen LogP contribution in [0.5, 0.6) is 0 Å². The topological polar surface area (TPSA) is 95.6 Å². The van der Waals surface area contributed by atoms with Crippen LogP contribution in [0.1, 0.15) is 31.4 Å². The second-order valence-corrected chi connectivity index (χ2v) is 7.12. The van der Waals surface area contributed by atoms with Crippen molar-refractivity contribution in [2.75, 3.05) is 5.32 Å². The van der Waals surface area contributed by atoms with E-state index in [1.54, 1.807) is 18.5 Å². The van der Waals surface area contributed by atoms with Crippen LogP contribution in [0.15, 0.2) is 30.6 Å². The molecule has 146 valence electrons. The van der Waals surface area contributed by atoms with E-state index in [1.165, 1.54) is 0 Å². The predicted octanol–water partition coefficient (Wildman–Crippen LogP) is 4.03. The Balaban J connectivity index is 1.47. The van der Waals surface area contributed by atoms with Crippen molar-refractivity contribution in [1.29, 1.82) is 0 Å². The number of pyridine rings is 2. The molecule has 0 aliphatic heterocycles. The van der Waals surface area contributed by atoms with Crippen molar-refractivity contribution in [3.05, 3.63) is 36.3 Å². The molecule has 0 aromatic carbocycles. The van der Waals surface area contributed by atoms with Crippen molar-refractivity contribution in [2.45, 2.75) is 44.6 Å². The predicted molar refractivity (Wildman–Crippen MR) is 101 cm³/mol. The molecule has 1 fully saturated rings. The molecule has 0 saturated heterocycles. The number of nitrogens with zero attached hydrogens (tertiary/aromatic N) is 3. The molecule has 9 heteroatoms. The quantitative estimate of drug-likeness (QED) is 0.633. The second kappa shape index (κ2) is 7.14. The second-order valence-electron chi connectivity index (χ2n) is 7.12. The number of nitrogens with one attached hydrogen (secondary N) is 3. The molecule has 1 atom stereocenters. The van der Waals surface area contributed by atoms with Crippen LogP contribution in [-0.4, -0.2) is 38.2 Å². The lowest BCUT2D eigenvalue weighted by molar-refractivity contribution is -0.0423. The molecule has 3 aromatic rings. The highest BCUT2D eigenvalue weighted by Crippen LogP contribution is 2.33. The Morgan fingerprint density at radius 3 is 2.96 bits per heavy atom. The highest BCUT2D eigenvalue weighted by molar-refractivity contribution is 5.95. The van der Waals surface area contributed by atoms with Crippen LogP contribution in [0, 0.1) is 6.92 Å². The van der Waals surface area contributed by atoms with E-state index in [0.717, 1.165) is 22.3 Å². The summed E-state index contributed by atoms with van der Waals surface area (Å²) in [6.45, 7) is 1.90. The Bertz CT molecular complexity index is 1020. The van der Waals surface area contributed by atoms with Gasteiger partial charge in [0, 0.05) is 54.0 Å². The normalized spacial score (nSPS) is 18.8. The molecule has 4 rings (SSSR count). The number of amides is 2. The van der Waals surface area contributed by atoms with E-state index in [1.807, 2.05) is 19.1 Å². The lowest BCUT2D eigenvalue weighted by Crippen LogP contribution is -2.43. The van der Waals surface area contributed by atoms with Gasteiger partial charge < -0.3 is 5.32 Å². The Hall–Kier alpha value is -3.10. The van der Waals surface area contributed by atoms with Gasteiger partial charge in [-0.1, -0.05) is 0 Å². The average molecular weight is 386 g/mol. The monoisotopic (exact) mass is 386 g/mol. The summed E-state index contributed by atoms with van der Waals surface area (Å²) >= 11 is 0. The van der Waals surface area contributed by atoms with Crippen LogP contribution in [0.4, 0.5) is 19.4 Å². The lowest BCUT2D eigenvalue weighted by atomic mass is 9.92. The largest absolute Gasteiger partial charge is 0.335 e. The molecule has 1 aliphatic rings. The van der Waals surface area contributed by atoms with Crippen LogP contribution in [0.2, 0.25) is 0 Å². The minimum Gasteiger partial charge on any atom is -0.335 e. The fourth-order valence-electron chi connectivity index (χ4n) is 3.53. The third-order valence-electron chi connectivity index (χ3n) is 4.83. The van der Waals surface area contributed by atoms with Gasteiger partial charge in [0.1, 0.15) is 11.5 Å². The highest BCUT2D eigenvalue weighted by Gasteiger charge is 2.36. The van der Waals surface area contributed by atoms with Gasteiger partial charge in [-0.25, -0.2) is 18.6 Å². The number of carbonyl (C=O) groups is 1. The number of anilines is 1. The molecule has 0 unspecified atom stereocenters. The molecule has 0 spiro atoms. The molecule has 3 heterocycles. The van der Waals surface area contributed by atoms with Crippen molar-refractivity contribution in [3.8, 4) is 11.3 Å². The maximum absolute atomic E-state index is 13.5. The van der Waals surface area contributed by atoms with Gasteiger partial charge in [-0.2, -0.15) is 5.10 Å². The summed E-state index contributed by atoms with van der Waals surface area (Å²) in [5.74, 6) is -2.40. The molecular formula is C19H20F2N6O. The van der Waals surface area contributed by atoms with E-state index < -0.39 is 18.0 Å². The molecule has 3 N–H and O–H groups in total. The summed E-state index contributed by atoms with van der Waals surface area (Å²) in [7, 11) is 0. The number of hydrogen-bond acceptors (Lipinski definition) is 4. The van der Waals surface area contributed by atoms with Crippen LogP contribution in [0.3, 0.4) is 0 Å². The molecule has 0 radical (unpaired) electrons. The van der Waals surface area contributed by atoms with E-state index in [4.69, 9.17) is 0 Å². The first-order chi connectivity index (χ1) is 13.4. The highest BCUT2D eigenvalue weighted by atomic mass is 19.3. The third-order valence-corrected chi connectivity index (χ3v) is 4.83. The van der Waals surface area contributed by atoms with Crippen molar-refractivity contribution in [3.63, 3.8) is 0 Å². The number of carbonyl (C=O) groups excluding carboxylic acids is 1. The number of aromatic nitrogens is 4. The number of aryl methyl sites for hydroxylation is 1. The third kappa shape index (κ3) is 3.92. The minimum absolute atomic E-state index is 0.121. The number of halogens is 2. The van der Waals surface area contributed by atoms with Gasteiger partial charge in [-0.05, 0) is 31.9 Å². The first-order valence-electron chi connectivity index (χ1n) is 9.12. The molecule has 28 heavy (non-hydrogen) atoms. The van der Waals surface area contributed by atoms with Gasteiger partial charge in [-0.15, -0.1) is 0 Å². The maximum Gasteiger partial charge on any atom is 0.320 e. The summed E-state index contributed by atoms with van der Waals surface area (Å²) in [5.41, 5.74) is 3.24. The molecule has 7 nitrogen and oxygen atoms in total. The molecule has 1 saturated carbocycles. The molecular weight excluding hydrogens is 366 g/mol. The Morgan fingerprint density at radius 1 is 1.32 bits per heavy atom. The SMILES string of the molecule is Cc1cc(-c2n[nH]c3cc(NC(=O)N[C@H]4CCCC(F)(F)C4)ncc23)ccn1. The van der Waals surface area contributed by atoms with Crippen molar-refractivity contribution < 1.29 is 13.6 Å². The number of H-pyrrole nitrogens is 1. The first-order valence-corrected chi connectivity index (χ1v) is 9.12. The zero-order chi connectivity index (χ0) is 19.7. The summed E-state index contributed by atoms with van der Waals surface area (Å²) in [4.78, 5) is 20.6. The number of aromatic amines is 1. The number of urea groups is 1. The molecule has 1 aliphatic carbocycles. The van der Waals surface area contributed by atoms with Crippen molar-refractivity contribution >= 4 is 22.8 Å². The van der Waals surface area contributed by atoms with Crippen LogP contribution in [0.25, 0.3) is 22.2 Å². The summed E-state index contributed by atoms with van der Waals surface area (Å²) in [5, 5.41) is 13.3. The summed E-state index contributed by atoms with van der Waals surface area (Å²) < 4.78 is 26.9. The fraction of sp³-hybridized carbons (Fsp3) is 0.368. The van der Waals surface area contributed by atoms with Gasteiger partial charge >= 0.3 is 6.03 Å². The van der Waals surface area contributed by atoms with E-state index in [2.05, 4.69) is 30.8 Å². The summed E-state index contributed by atoms with van der Waals surface area (Å²) in [6.07, 6.45) is 3.83. The zero-order valence-corrected chi connectivity index (χ0v) is 15.3. The molecule has 0 bridgehead atoms. The Kier molecular flexibility index (Phi) is 4.66. The Morgan fingerprint density at radius 2 is 2.18 bits per heavy atom. The van der Waals surface area contributed by atoms with Crippen LogP contribution < -0.4 is 10.6 Å². The van der Waals surface area contributed by atoms with Gasteiger partial charge in [-0.3, -0.25) is 15.4 Å². The van der Waals surface area contributed by atoms with Crippen molar-refractivity contribution in [2.24, 2.45) is 0 Å². The smallest absolute Gasteiger partial charge is 0.320 e. The van der Waals surface area contributed by atoms with Gasteiger partial charge in [0.15, 0.2) is 0 Å². The zero-order valence-electron chi connectivity index (χ0n) is 15.3. The fourth-order valence-corrected chi connectivity index (χ4v) is 3.53. The standard InChI is InChI=1S/C19H20F2N6O/c1-11-7-12(4-6-22-11)17-14-10-23-16(8-15(14)26-27-17)25-18(28)24-13-3-2-5-19(20,21)9-13/h4,6-8,10,13H,2-3,5,9H2,1H3,(H,26,27)(H2,23,24,25,28)/t13-/m0/s1. The number of rotatable bonds is 3. The van der Waals surface area contributed by atoms with E-state index in [-0.39, 0.29) is 12.8 Å². The van der Waals surface area contributed by atoms with Gasteiger partial charge in [0.05, 0.1) is 5.52 Å². The van der Waals surface area contributed by atoms with Gasteiger partial charge in [0.2, 0.25) is 5.92 Å². The number of fused-ring (bicyclic) bond motifs is 1. The Labute approximate surface area is 160 Å². The van der Waals surface area contributed by atoms with E-state index in [0.29, 0.717) is 24.2 Å². The van der Waals surface area contributed by atoms with Crippen LogP contribution >= 0.6 is 0 Å². The number of alkyl halides is 2. The van der Waals surface area contributed by atoms with E-state index >= 15 is 0 Å². The molecule has 2 amide bonds. The first kappa shape index (κ1) is 18.3. The van der Waals surface area contributed by atoms with Gasteiger partial charge in [0.25, 0.3) is 0 Å². The van der Waals surface area contributed by atoms with E-state index in [9.17, 15) is 13.6 Å². The minimum atomic E-state index is -2.72. The number of hydrogen-bond donors (Lipinski definition) is 3. The summed E-state index contributed by atoms with van der Waals surface area (Å²) in [6, 6.07) is 4.37. The lowest BCUT2D eigenvalue weighted by Gasteiger charge is -2.29. The maximum atomic E-state index is 13.5. The average Bonchev–Trinajstić information content (AvgIpc) is 3.04.